The summed E-state index contributed by atoms with van der Waals surface area (Å²) in [6.07, 6.45) is -4.23. The van der Waals surface area contributed by atoms with E-state index in [0.717, 1.165) is 0 Å². The molecule has 3 nitrogen and oxygen atoms in total. The Morgan fingerprint density at radius 1 is 1.17 bits per heavy atom. The second-order valence-electron chi connectivity index (χ2n) is 4.10. The molecule has 0 aliphatic carbocycles. The maximum atomic E-state index is 11.9. The summed E-state index contributed by atoms with van der Waals surface area (Å²) in [4.78, 5) is 0. The van der Waals surface area contributed by atoms with Crippen LogP contribution in [-0.2, 0) is 10.3 Å². The van der Waals surface area contributed by atoms with Crippen molar-refractivity contribution in [3.63, 3.8) is 0 Å². The number of nitrogens with two attached hydrogens (primary N) is 1. The van der Waals surface area contributed by atoms with Crippen LogP contribution in [0.4, 0.5) is 13.2 Å². The van der Waals surface area contributed by atoms with Crippen LogP contribution in [0.25, 0.3) is 0 Å². The van der Waals surface area contributed by atoms with Crippen molar-refractivity contribution in [2.45, 2.75) is 18.1 Å². The maximum Gasteiger partial charge on any atom is 0.411 e. The summed E-state index contributed by atoms with van der Waals surface area (Å²) in [7, 11) is 0. The summed E-state index contributed by atoms with van der Waals surface area (Å²) in [5.41, 5.74) is 5.55. The van der Waals surface area contributed by atoms with Crippen molar-refractivity contribution in [3.05, 3.63) is 35.9 Å². The minimum Gasteiger partial charge on any atom is -0.394 e. The number of hydrogen-bond acceptors (Lipinski definition) is 3. The van der Waals surface area contributed by atoms with Gasteiger partial charge in [-0.3, -0.25) is 0 Å². The zero-order chi connectivity index (χ0) is 13.6. The van der Waals surface area contributed by atoms with Gasteiger partial charge in [0.2, 0.25) is 0 Å². The molecule has 0 radical (unpaired) electrons. The van der Waals surface area contributed by atoms with E-state index in [4.69, 9.17) is 5.73 Å². The molecular formula is C12H16F3NO2. The van der Waals surface area contributed by atoms with Crippen LogP contribution >= 0.6 is 0 Å². The van der Waals surface area contributed by atoms with Gasteiger partial charge in [-0.05, 0) is 12.0 Å². The number of alkyl halides is 3. The number of rotatable bonds is 6. The summed E-state index contributed by atoms with van der Waals surface area (Å²) < 4.78 is 40.1. The van der Waals surface area contributed by atoms with Crippen LogP contribution in [0.5, 0.6) is 0 Å². The Kier molecular flexibility index (Phi) is 5.13. The molecule has 102 valence electrons. The molecule has 0 saturated carbocycles. The summed E-state index contributed by atoms with van der Waals surface area (Å²) in [6, 6.07) is 8.74. The van der Waals surface area contributed by atoms with Gasteiger partial charge in [-0.1, -0.05) is 30.3 Å². The van der Waals surface area contributed by atoms with Crippen LogP contribution in [0.3, 0.4) is 0 Å². The van der Waals surface area contributed by atoms with Crippen molar-refractivity contribution < 1.29 is 23.0 Å². The van der Waals surface area contributed by atoms with Gasteiger partial charge >= 0.3 is 6.18 Å². The first-order valence-corrected chi connectivity index (χ1v) is 5.47. The Morgan fingerprint density at radius 2 is 1.78 bits per heavy atom. The van der Waals surface area contributed by atoms with Crippen molar-refractivity contribution >= 4 is 0 Å². The molecule has 3 N–H and O–H groups in total. The molecule has 0 aromatic heterocycles. The Bertz CT molecular complexity index is 356. The third-order valence-corrected chi connectivity index (χ3v) is 2.59. The fourth-order valence-corrected chi connectivity index (χ4v) is 1.53. The number of ether oxygens (including phenoxy) is 1. The average molecular weight is 263 g/mol. The lowest BCUT2D eigenvalue weighted by molar-refractivity contribution is -0.175. The topological polar surface area (TPSA) is 55.5 Å². The molecule has 0 heterocycles. The highest BCUT2D eigenvalue weighted by Gasteiger charge is 2.29. The molecule has 0 aliphatic rings. The quantitative estimate of drug-likeness (QED) is 0.769. The van der Waals surface area contributed by atoms with Crippen LogP contribution < -0.4 is 5.73 Å². The van der Waals surface area contributed by atoms with Crippen LogP contribution in [0.15, 0.2) is 30.3 Å². The SMILES string of the molecule is NC(CO)(CCOCC(F)(F)F)c1ccccc1. The van der Waals surface area contributed by atoms with Crippen molar-refractivity contribution in [3.8, 4) is 0 Å². The summed E-state index contributed by atoms with van der Waals surface area (Å²) in [5, 5.41) is 9.30. The third-order valence-electron chi connectivity index (χ3n) is 2.59. The van der Waals surface area contributed by atoms with Gasteiger partial charge in [-0.25, -0.2) is 0 Å². The molecule has 1 unspecified atom stereocenters. The normalized spacial score (nSPS) is 15.4. The van der Waals surface area contributed by atoms with E-state index in [1.54, 1.807) is 30.3 Å². The molecule has 0 spiro atoms. The molecule has 18 heavy (non-hydrogen) atoms. The second-order valence-corrected chi connectivity index (χ2v) is 4.10. The van der Waals surface area contributed by atoms with Gasteiger partial charge in [0.15, 0.2) is 0 Å². The predicted octanol–water partition coefficient (Wildman–Crippen LogP) is 1.80. The lowest BCUT2D eigenvalue weighted by atomic mass is 9.89. The van der Waals surface area contributed by atoms with E-state index < -0.39 is 18.3 Å². The monoisotopic (exact) mass is 263 g/mol. The molecule has 6 heteroatoms. The Morgan fingerprint density at radius 3 is 2.28 bits per heavy atom. The lowest BCUT2D eigenvalue weighted by Gasteiger charge is -2.27. The predicted molar refractivity (Wildman–Crippen MR) is 60.9 cm³/mol. The Balaban J connectivity index is 2.52. The van der Waals surface area contributed by atoms with Gasteiger partial charge < -0.3 is 15.6 Å². The highest BCUT2D eigenvalue weighted by atomic mass is 19.4. The highest BCUT2D eigenvalue weighted by Crippen LogP contribution is 2.22. The van der Waals surface area contributed by atoms with E-state index in [-0.39, 0.29) is 19.6 Å². The smallest absolute Gasteiger partial charge is 0.394 e. The zero-order valence-electron chi connectivity index (χ0n) is 9.78. The molecule has 0 amide bonds. The standard InChI is InChI=1S/C12H16F3NO2/c13-12(14,15)9-18-7-6-11(16,8-17)10-4-2-1-3-5-10/h1-5,17H,6-9,16H2. The molecule has 0 aliphatic heterocycles. The lowest BCUT2D eigenvalue weighted by Crippen LogP contribution is -2.41. The first-order chi connectivity index (χ1) is 8.37. The van der Waals surface area contributed by atoms with E-state index >= 15 is 0 Å². The first-order valence-electron chi connectivity index (χ1n) is 5.47. The molecule has 1 rings (SSSR count). The fraction of sp³-hybridized carbons (Fsp3) is 0.500. The number of benzene rings is 1. The Labute approximate surface area is 103 Å². The van der Waals surface area contributed by atoms with Gasteiger partial charge in [0.25, 0.3) is 0 Å². The number of halogens is 3. The first kappa shape index (κ1) is 14.9. The van der Waals surface area contributed by atoms with Crippen LogP contribution in [0.2, 0.25) is 0 Å². The molecule has 0 bridgehead atoms. The minimum absolute atomic E-state index is 0.115. The number of hydrogen-bond donors (Lipinski definition) is 2. The van der Waals surface area contributed by atoms with Crippen LogP contribution in [0.1, 0.15) is 12.0 Å². The average Bonchev–Trinajstić information content (AvgIpc) is 2.34. The Hall–Kier alpha value is -1.11. The number of aliphatic hydroxyl groups excluding tert-OH is 1. The van der Waals surface area contributed by atoms with E-state index in [9.17, 15) is 18.3 Å². The number of aliphatic hydroxyl groups is 1. The molecule has 1 atom stereocenters. The van der Waals surface area contributed by atoms with Gasteiger partial charge in [-0.2, -0.15) is 13.2 Å². The van der Waals surface area contributed by atoms with E-state index in [2.05, 4.69) is 4.74 Å². The summed E-state index contributed by atoms with van der Waals surface area (Å²) in [6.45, 7) is -1.82. The second kappa shape index (κ2) is 6.17. The van der Waals surface area contributed by atoms with Gasteiger partial charge in [-0.15, -0.1) is 0 Å². The molecule has 1 aromatic rings. The van der Waals surface area contributed by atoms with E-state index in [1.807, 2.05) is 0 Å². The van der Waals surface area contributed by atoms with Crippen molar-refractivity contribution in [1.82, 2.24) is 0 Å². The van der Waals surface area contributed by atoms with Crippen molar-refractivity contribution in [2.75, 3.05) is 19.8 Å². The molecule has 1 aromatic carbocycles. The molecular weight excluding hydrogens is 247 g/mol. The minimum atomic E-state index is -4.34. The zero-order valence-corrected chi connectivity index (χ0v) is 9.78. The van der Waals surface area contributed by atoms with Crippen molar-refractivity contribution in [2.24, 2.45) is 5.73 Å². The van der Waals surface area contributed by atoms with Crippen molar-refractivity contribution in [1.29, 1.82) is 0 Å². The van der Waals surface area contributed by atoms with Crippen LogP contribution in [0, 0.1) is 0 Å². The fourth-order valence-electron chi connectivity index (χ4n) is 1.53. The highest BCUT2D eigenvalue weighted by molar-refractivity contribution is 5.23. The summed E-state index contributed by atoms with van der Waals surface area (Å²) in [5.74, 6) is 0. The van der Waals surface area contributed by atoms with E-state index in [1.165, 1.54) is 0 Å². The largest absolute Gasteiger partial charge is 0.411 e. The molecule has 0 saturated heterocycles. The van der Waals surface area contributed by atoms with Gasteiger partial charge in [0, 0.05) is 6.61 Å². The van der Waals surface area contributed by atoms with Gasteiger partial charge in [0.05, 0.1) is 12.1 Å². The maximum absolute atomic E-state index is 11.9. The third kappa shape index (κ3) is 4.64. The van der Waals surface area contributed by atoms with E-state index in [0.29, 0.717) is 5.56 Å². The van der Waals surface area contributed by atoms with Gasteiger partial charge in [0.1, 0.15) is 6.61 Å². The summed E-state index contributed by atoms with van der Waals surface area (Å²) >= 11 is 0. The van der Waals surface area contributed by atoms with Crippen LogP contribution in [-0.4, -0.2) is 31.1 Å². The molecule has 0 fully saturated rings.